The summed E-state index contributed by atoms with van der Waals surface area (Å²) in [5, 5.41) is 20.3. The fourth-order valence-electron chi connectivity index (χ4n) is 3.57. The molecule has 0 aliphatic carbocycles. The van der Waals surface area contributed by atoms with Crippen LogP contribution in [0, 0.1) is 0 Å². The summed E-state index contributed by atoms with van der Waals surface area (Å²) in [6.07, 6.45) is 0. The smallest absolute Gasteiger partial charge is 0.258 e. The first kappa shape index (κ1) is 20.8. The first-order valence-electron chi connectivity index (χ1n) is 10.1. The van der Waals surface area contributed by atoms with E-state index >= 15 is 0 Å². The maximum Gasteiger partial charge on any atom is 0.258 e. The van der Waals surface area contributed by atoms with E-state index in [-0.39, 0.29) is 11.3 Å². The zero-order chi connectivity index (χ0) is 22.8. The zero-order valence-corrected chi connectivity index (χ0v) is 18.4. The number of aromatic hydroxyl groups is 1. The van der Waals surface area contributed by atoms with Crippen LogP contribution in [0.25, 0.3) is 28.0 Å². The van der Waals surface area contributed by atoms with E-state index < -0.39 is 0 Å². The quantitative estimate of drug-likeness (QED) is 0.369. The van der Waals surface area contributed by atoms with Gasteiger partial charge in [-0.2, -0.15) is 0 Å². The molecule has 2 heterocycles. The second kappa shape index (κ2) is 8.79. The molecule has 0 saturated heterocycles. The molecule has 0 fully saturated rings. The van der Waals surface area contributed by atoms with Crippen molar-refractivity contribution in [2.75, 3.05) is 7.11 Å². The zero-order valence-electron chi connectivity index (χ0n) is 17.6. The molecular weight excluding hydrogens is 438 g/mol. The normalized spacial score (nSPS) is 11.1. The van der Waals surface area contributed by atoms with Gasteiger partial charge in [0.15, 0.2) is 11.0 Å². The summed E-state index contributed by atoms with van der Waals surface area (Å²) in [5.74, 6) is 2.10. The molecule has 0 aliphatic rings. The highest BCUT2D eigenvalue weighted by Crippen LogP contribution is 2.36. The first-order chi connectivity index (χ1) is 16.2. The average molecular weight is 458 g/mol. The van der Waals surface area contributed by atoms with Crippen LogP contribution in [0.5, 0.6) is 11.5 Å². The number of aromatic amines is 1. The predicted octanol–water partition coefficient (Wildman–Crippen LogP) is 4.18. The number of thioether (sulfide) groups is 1. The summed E-state index contributed by atoms with van der Waals surface area (Å²) in [4.78, 5) is 19.8. The number of phenolic OH excluding ortho intramolecular Hbond substituents is 1. The van der Waals surface area contributed by atoms with Crippen molar-refractivity contribution in [3.05, 3.63) is 89.0 Å². The third-order valence-corrected chi connectivity index (χ3v) is 6.04. The Morgan fingerprint density at radius 1 is 1.00 bits per heavy atom. The Bertz CT molecular complexity index is 1510. The maximum atomic E-state index is 12.4. The van der Waals surface area contributed by atoms with E-state index in [9.17, 15) is 9.90 Å². The number of methoxy groups -OCH3 is 1. The largest absolute Gasteiger partial charge is 0.507 e. The second-order valence-corrected chi connectivity index (χ2v) is 8.09. The summed E-state index contributed by atoms with van der Waals surface area (Å²) in [5.41, 5.74) is 1.72. The number of para-hydroxylation sites is 4. The topological polar surface area (TPSA) is 106 Å². The Hall–Kier alpha value is -4.11. The van der Waals surface area contributed by atoms with Crippen LogP contribution >= 0.6 is 11.8 Å². The lowest BCUT2D eigenvalue weighted by atomic mass is 10.2. The van der Waals surface area contributed by atoms with E-state index in [4.69, 9.17) is 4.74 Å². The Morgan fingerprint density at radius 3 is 2.61 bits per heavy atom. The number of aromatic nitrogens is 5. The fraction of sp³-hybridized carbons (Fsp3) is 0.0833. The first-order valence-corrected chi connectivity index (χ1v) is 11.1. The molecule has 2 aromatic heterocycles. The summed E-state index contributed by atoms with van der Waals surface area (Å²) in [6.45, 7) is 0. The average Bonchev–Trinajstić information content (AvgIpc) is 3.26. The van der Waals surface area contributed by atoms with Gasteiger partial charge in [-0.1, -0.05) is 48.2 Å². The minimum absolute atomic E-state index is 0.0955. The van der Waals surface area contributed by atoms with Gasteiger partial charge in [-0.15, -0.1) is 10.2 Å². The van der Waals surface area contributed by atoms with E-state index in [0.29, 0.717) is 44.8 Å². The highest BCUT2D eigenvalue weighted by atomic mass is 32.2. The Morgan fingerprint density at radius 2 is 1.76 bits per heavy atom. The number of H-pyrrole nitrogens is 1. The lowest BCUT2D eigenvalue weighted by molar-refractivity contribution is 0.412. The van der Waals surface area contributed by atoms with E-state index in [1.54, 1.807) is 31.4 Å². The van der Waals surface area contributed by atoms with Crippen LogP contribution in [0.1, 0.15) is 5.82 Å². The van der Waals surface area contributed by atoms with Gasteiger partial charge in [0.25, 0.3) is 5.56 Å². The minimum atomic E-state index is -0.183. The number of hydrogen-bond donors (Lipinski definition) is 2. The van der Waals surface area contributed by atoms with E-state index in [2.05, 4.69) is 20.2 Å². The number of benzene rings is 3. The van der Waals surface area contributed by atoms with Crippen molar-refractivity contribution in [2.45, 2.75) is 10.9 Å². The van der Waals surface area contributed by atoms with Gasteiger partial charge in [-0.05, 0) is 36.4 Å². The number of hydrogen-bond acceptors (Lipinski definition) is 7. The predicted molar refractivity (Wildman–Crippen MR) is 127 cm³/mol. The molecular formula is C24H19N5O3S. The molecule has 5 aromatic rings. The van der Waals surface area contributed by atoms with Gasteiger partial charge in [0, 0.05) is 0 Å². The van der Waals surface area contributed by atoms with Crippen molar-refractivity contribution in [1.29, 1.82) is 0 Å². The van der Waals surface area contributed by atoms with Crippen LogP contribution in [-0.2, 0) is 5.75 Å². The van der Waals surface area contributed by atoms with Crippen LogP contribution in [0.3, 0.4) is 0 Å². The number of phenols is 1. The fourth-order valence-corrected chi connectivity index (χ4v) is 4.38. The lowest BCUT2D eigenvalue weighted by Gasteiger charge is -2.14. The number of rotatable bonds is 6. The lowest BCUT2D eigenvalue weighted by Crippen LogP contribution is -2.11. The van der Waals surface area contributed by atoms with Crippen molar-refractivity contribution in [2.24, 2.45) is 0 Å². The van der Waals surface area contributed by atoms with E-state index in [1.165, 1.54) is 11.8 Å². The minimum Gasteiger partial charge on any atom is -0.507 e. The molecule has 0 atom stereocenters. The standard InChI is InChI=1S/C24H19N5O3S/c1-32-20-13-7-5-11-18(20)29-22(16-9-3-6-12-19(16)30)27-28-24(29)33-14-21-25-17-10-4-2-8-15(17)23(31)26-21/h2-13,30H,14H2,1H3,(H,25,26,31). The van der Waals surface area contributed by atoms with Gasteiger partial charge in [-0.3, -0.25) is 9.36 Å². The van der Waals surface area contributed by atoms with Gasteiger partial charge in [0.2, 0.25) is 0 Å². The third kappa shape index (κ3) is 3.94. The van der Waals surface area contributed by atoms with Crippen LogP contribution in [0.15, 0.2) is 82.7 Å². The molecule has 9 heteroatoms. The number of ether oxygens (including phenoxy) is 1. The molecule has 0 radical (unpaired) electrons. The summed E-state index contributed by atoms with van der Waals surface area (Å²) in [6, 6.07) is 21.7. The van der Waals surface area contributed by atoms with Gasteiger partial charge < -0.3 is 14.8 Å². The number of nitrogens with one attached hydrogen (secondary N) is 1. The molecule has 3 aromatic carbocycles. The molecule has 0 amide bonds. The van der Waals surface area contributed by atoms with Crippen molar-refractivity contribution >= 4 is 22.7 Å². The van der Waals surface area contributed by atoms with Gasteiger partial charge in [0.1, 0.15) is 17.3 Å². The SMILES string of the molecule is COc1ccccc1-n1c(SCc2nc3ccccc3c(=O)[nH]2)nnc1-c1ccccc1O. The Kier molecular flexibility index (Phi) is 5.54. The highest BCUT2D eigenvalue weighted by molar-refractivity contribution is 7.98. The highest BCUT2D eigenvalue weighted by Gasteiger charge is 2.21. The molecule has 0 bridgehead atoms. The van der Waals surface area contributed by atoms with E-state index in [0.717, 1.165) is 5.69 Å². The molecule has 0 unspecified atom stereocenters. The monoisotopic (exact) mass is 457 g/mol. The molecule has 0 saturated carbocycles. The summed E-state index contributed by atoms with van der Waals surface area (Å²) < 4.78 is 7.40. The van der Waals surface area contributed by atoms with E-state index in [1.807, 2.05) is 53.1 Å². The molecule has 33 heavy (non-hydrogen) atoms. The van der Waals surface area contributed by atoms with Crippen molar-refractivity contribution in [3.63, 3.8) is 0 Å². The molecule has 2 N–H and O–H groups in total. The van der Waals surface area contributed by atoms with Crippen molar-refractivity contribution < 1.29 is 9.84 Å². The molecule has 0 aliphatic heterocycles. The van der Waals surface area contributed by atoms with Crippen LogP contribution < -0.4 is 10.3 Å². The van der Waals surface area contributed by atoms with Crippen LogP contribution in [0.4, 0.5) is 0 Å². The van der Waals surface area contributed by atoms with Gasteiger partial charge in [-0.25, -0.2) is 4.98 Å². The Labute approximate surface area is 192 Å². The van der Waals surface area contributed by atoms with Crippen molar-refractivity contribution in [1.82, 2.24) is 24.7 Å². The van der Waals surface area contributed by atoms with Crippen LogP contribution in [-0.4, -0.2) is 36.9 Å². The number of nitrogens with zero attached hydrogens (tertiary/aromatic N) is 4. The summed E-state index contributed by atoms with van der Waals surface area (Å²) >= 11 is 1.37. The van der Waals surface area contributed by atoms with Crippen LogP contribution in [0.2, 0.25) is 0 Å². The molecule has 0 spiro atoms. The molecule has 5 rings (SSSR count). The molecule has 164 valence electrons. The van der Waals surface area contributed by atoms with Crippen molar-refractivity contribution in [3.8, 4) is 28.6 Å². The Balaban J connectivity index is 1.58. The molecule has 8 nitrogen and oxygen atoms in total. The second-order valence-electron chi connectivity index (χ2n) is 7.15. The van der Waals surface area contributed by atoms with Gasteiger partial charge >= 0.3 is 0 Å². The third-order valence-electron chi connectivity index (χ3n) is 5.10. The van der Waals surface area contributed by atoms with Gasteiger partial charge in [0.05, 0.1) is 35.0 Å². The number of fused-ring (bicyclic) bond motifs is 1. The maximum absolute atomic E-state index is 12.4. The summed E-state index contributed by atoms with van der Waals surface area (Å²) in [7, 11) is 1.60.